The van der Waals surface area contributed by atoms with Gasteiger partial charge in [-0.2, -0.15) is 0 Å². The van der Waals surface area contributed by atoms with Gasteiger partial charge in [-0.3, -0.25) is 24.5 Å². The van der Waals surface area contributed by atoms with E-state index in [9.17, 15) is 0 Å². The molecular weight excluding hydrogens is 1580 g/mol. The van der Waals surface area contributed by atoms with E-state index in [0.717, 1.165) is 149 Å². The zero-order valence-corrected chi connectivity index (χ0v) is 82.0. The Balaban J connectivity index is 0.000000200. The molecule has 19 nitrogen and oxygen atoms in total. The topological polar surface area (TPSA) is 229 Å². The monoisotopic (exact) mass is 1750 g/mol. The lowest BCUT2D eigenvalue weighted by molar-refractivity contribution is 0.124. The SMILES string of the molecule is CC(C)N1CC(N)CC(Cc2ccccc2)C1.CC(C)Oc1ccc2c(c1)OCO2.CC(C)Oc1cccc(OC(C)C)c1.CCOc1cccc(OC(C)C)c1.COc1cccc(C2CC(N)CN(C(C)C)C2)c1.COc1ccccc1C1CC(N)CN(C(C)C)C1.Cc1cccc(C2CC(N)CN(C(C)C)C2)c1.Cc1ccccc1C1CC(N)CN(C(C)C)C1. The molecule has 10 N–H and O–H groups in total. The maximum absolute atomic E-state index is 6.20. The molecule has 0 bridgehead atoms. The van der Waals surface area contributed by atoms with E-state index in [1.165, 1.54) is 45.5 Å². The van der Waals surface area contributed by atoms with Gasteiger partial charge in [-0.05, 0) is 296 Å². The molecular formula is C108H166N10O9. The van der Waals surface area contributed by atoms with E-state index >= 15 is 0 Å². The quantitative estimate of drug-likeness (QED) is 0.0401. The number of fused-ring (bicyclic) bond motifs is 1. The molecule has 0 aromatic heterocycles. The lowest BCUT2D eigenvalue weighted by Crippen LogP contribution is -2.50. The van der Waals surface area contributed by atoms with Crippen LogP contribution in [-0.2, 0) is 6.42 Å². The number of methoxy groups -OCH3 is 2. The minimum absolute atomic E-state index is 0.181. The van der Waals surface area contributed by atoms with Crippen molar-refractivity contribution in [1.82, 2.24) is 24.5 Å². The number of para-hydroxylation sites is 1. The second-order valence-corrected chi connectivity index (χ2v) is 37.9. The predicted molar refractivity (Wildman–Crippen MR) is 529 cm³/mol. The van der Waals surface area contributed by atoms with Crippen molar-refractivity contribution >= 4 is 0 Å². The van der Waals surface area contributed by atoms with Crippen molar-refractivity contribution in [2.45, 2.75) is 292 Å². The third kappa shape index (κ3) is 37.9. The van der Waals surface area contributed by atoms with Gasteiger partial charge in [0, 0.05) is 150 Å². The van der Waals surface area contributed by atoms with E-state index in [1.807, 2.05) is 147 Å². The van der Waals surface area contributed by atoms with Crippen molar-refractivity contribution in [2.75, 3.05) is 93.1 Å². The van der Waals surface area contributed by atoms with E-state index in [0.29, 0.717) is 91.3 Å². The number of piperidine rings is 5. The Morgan fingerprint density at radius 1 is 0.331 bits per heavy atom. The maximum Gasteiger partial charge on any atom is 0.231 e. The Morgan fingerprint density at radius 3 is 1.17 bits per heavy atom. The second-order valence-electron chi connectivity index (χ2n) is 37.9. The molecule has 6 heterocycles. The molecule has 127 heavy (non-hydrogen) atoms. The van der Waals surface area contributed by atoms with Crippen LogP contribution in [0.15, 0.2) is 194 Å². The van der Waals surface area contributed by atoms with Crippen molar-refractivity contribution in [1.29, 1.82) is 0 Å². The highest BCUT2D eigenvalue weighted by atomic mass is 16.7. The zero-order valence-electron chi connectivity index (χ0n) is 82.0. The van der Waals surface area contributed by atoms with E-state index in [-0.39, 0.29) is 36.5 Å². The van der Waals surface area contributed by atoms with Gasteiger partial charge in [-0.1, -0.05) is 127 Å². The lowest BCUT2D eigenvalue weighted by Gasteiger charge is -2.39. The van der Waals surface area contributed by atoms with Gasteiger partial charge in [0.25, 0.3) is 0 Å². The summed E-state index contributed by atoms with van der Waals surface area (Å²) in [7, 11) is 3.45. The fourth-order valence-electron chi connectivity index (χ4n) is 17.4. The van der Waals surface area contributed by atoms with Crippen molar-refractivity contribution in [3.8, 4) is 51.7 Å². The van der Waals surface area contributed by atoms with Crippen LogP contribution in [0.1, 0.15) is 226 Å². The minimum Gasteiger partial charge on any atom is -0.497 e. The van der Waals surface area contributed by atoms with E-state index in [2.05, 4.69) is 217 Å². The van der Waals surface area contributed by atoms with Crippen LogP contribution in [0.25, 0.3) is 0 Å². The molecule has 0 radical (unpaired) electrons. The van der Waals surface area contributed by atoms with Crippen molar-refractivity contribution in [3.05, 3.63) is 233 Å². The molecule has 0 spiro atoms. The third-order valence-electron chi connectivity index (χ3n) is 23.7. The van der Waals surface area contributed by atoms with Gasteiger partial charge in [0.15, 0.2) is 11.5 Å². The molecule has 8 aromatic carbocycles. The van der Waals surface area contributed by atoms with Crippen molar-refractivity contribution in [2.24, 2.45) is 34.6 Å². The molecule has 19 heteroatoms. The predicted octanol–water partition coefficient (Wildman–Crippen LogP) is 20.1. The highest BCUT2D eigenvalue weighted by molar-refractivity contribution is 5.47. The number of hydrogen-bond acceptors (Lipinski definition) is 19. The van der Waals surface area contributed by atoms with Crippen LogP contribution in [0, 0.1) is 19.8 Å². The van der Waals surface area contributed by atoms with Crippen LogP contribution in [0.4, 0.5) is 0 Å². The smallest absolute Gasteiger partial charge is 0.231 e. The van der Waals surface area contributed by atoms with Crippen LogP contribution in [-0.4, -0.2) is 202 Å². The van der Waals surface area contributed by atoms with Gasteiger partial charge < -0.3 is 71.3 Å². The zero-order chi connectivity index (χ0) is 92.8. The Morgan fingerprint density at radius 2 is 0.709 bits per heavy atom. The van der Waals surface area contributed by atoms with Crippen molar-refractivity contribution in [3.63, 3.8) is 0 Å². The highest BCUT2D eigenvalue weighted by Gasteiger charge is 2.33. The number of aryl methyl sites for hydroxylation is 2. The van der Waals surface area contributed by atoms with Gasteiger partial charge in [0.05, 0.1) is 45.2 Å². The van der Waals surface area contributed by atoms with E-state index in [4.69, 9.17) is 71.3 Å². The van der Waals surface area contributed by atoms with Gasteiger partial charge >= 0.3 is 0 Å². The number of benzene rings is 8. The highest BCUT2D eigenvalue weighted by Crippen LogP contribution is 2.38. The Hall–Kier alpha value is -8.44. The number of rotatable bonds is 23. The summed E-state index contributed by atoms with van der Waals surface area (Å²) in [6, 6.07) is 70.5. The summed E-state index contributed by atoms with van der Waals surface area (Å²) < 4.78 is 48.7. The molecule has 0 aliphatic carbocycles. The molecule has 0 amide bonds. The third-order valence-corrected chi connectivity index (χ3v) is 23.7. The summed E-state index contributed by atoms with van der Waals surface area (Å²) in [6.45, 7) is 56.7. The summed E-state index contributed by atoms with van der Waals surface area (Å²) >= 11 is 0. The molecule has 10 atom stereocenters. The number of nitrogens with two attached hydrogens (primary N) is 5. The van der Waals surface area contributed by atoms with E-state index in [1.54, 1.807) is 14.2 Å². The molecule has 702 valence electrons. The summed E-state index contributed by atoms with van der Waals surface area (Å²) in [4.78, 5) is 12.5. The van der Waals surface area contributed by atoms with Crippen LogP contribution in [0.2, 0.25) is 0 Å². The standard InChI is InChI=1S/2C15H24N2O.3C15H24N2.C12H18O2.C11H16O2.C10H12O3/c1-11(2)17-9-13(7-14(16)10-17)12-5-4-6-15(8-12)18-3;1-11(2)17-9-12(8-13(16)10-17)14-6-4-5-7-15(14)18-3;1-11(2)17-9-14(8-15(16)10-17)13-6-4-5-12(3)7-13;1-11(2)17-9-13(8-14(16)10-17)15-7-5-4-6-12(15)3;1-12(2)17-10-14(9-15(16)11-17)8-13-6-4-3-5-7-13;1-9(2)13-11-6-5-7-12(8-11)14-10(3)4;1-4-12-10-6-5-7-11(8-10)13-9(2)3;1-7(2)13-8-3-4-9-10(5-8)12-6-11-9/h4-6,8,11,13-14H,7,9-10,16H2,1-3H3;4-7,11-13H,8-10,16H2,1-3H3;4-7,11,14-15H,8-10,16H2,1-3H3;4-7,11,13-14H,8-10,16H2,1-3H3;3-7,12,14-15H,8-11,16H2,1-2H3;5-10H,1-4H3;5-9H,4H2,1-3H3;3-5,7H,6H2,1-2H3. The largest absolute Gasteiger partial charge is 0.497 e. The molecule has 5 saturated heterocycles. The van der Waals surface area contributed by atoms with Gasteiger partial charge in [0.2, 0.25) is 6.79 Å². The van der Waals surface area contributed by atoms with Gasteiger partial charge in [-0.15, -0.1) is 0 Å². The molecule has 6 aliphatic rings. The van der Waals surface area contributed by atoms with E-state index < -0.39 is 0 Å². The first-order chi connectivity index (χ1) is 60.5. The second kappa shape index (κ2) is 54.9. The summed E-state index contributed by atoms with van der Waals surface area (Å²) in [5.41, 5.74) is 40.7. The Labute approximate surface area is 767 Å². The molecule has 5 fully saturated rings. The first kappa shape index (κ1) is 106. The van der Waals surface area contributed by atoms with Gasteiger partial charge in [0.1, 0.15) is 40.2 Å². The average Bonchev–Trinajstić information content (AvgIpc) is 1.79. The number of likely N-dealkylation sites (tertiary alicyclic amines) is 5. The fraction of sp³-hybridized carbons (Fsp3) is 0.556. The average molecular weight is 1750 g/mol. The molecule has 14 rings (SSSR count). The lowest BCUT2D eigenvalue weighted by atomic mass is 9.85. The molecule has 6 aliphatic heterocycles. The summed E-state index contributed by atoms with van der Waals surface area (Å²) in [5.74, 6) is 10.6. The number of nitrogens with zero attached hydrogens (tertiary/aromatic N) is 5. The summed E-state index contributed by atoms with van der Waals surface area (Å²) in [5, 5.41) is 0. The minimum atomic E-state index is 0.181. The Bertz CT molecular complexity index is 4330. The normalized spacial score (nSPS) is 21.4. The first-order valence-electron chi connectivity index (χ1n) is 47.4. The Kier molecular flexibility index (Phi) is 45.7. The number of hydrogen-bond donors (Lipinski definition) is 5. The van der Waals surface area contributed by atoms with Gasteiger partial charge in [-0.25, -0.2) is 0 Å². The fourth-order valence-corrected chi connectivity index (χ4v) is 17.4. The first-order valence-corrected chi connectivity index (χ1v) is 47.4. The molecule has 8 aromatic rings. The molecule has 10 unspecified atom stereocenters. The number of ether oxygens (including phenoxy) is 9. The van der Waals surface area contributed by atoms with Crippen LogP contribution in [0.3, 0.4) is 0 Å². The van der Waals surface area contributed by atoms with Crippen molar-refractivity contribution < 1.29 is 42.6 Å². The van der Waals surface area contributed by atoms with Crippen LogP contribution < -0.4 is 71.3 Å². The van der Waals surface area contributed by atoms with Crippen LogP contribution >= 0.6 is 0 Å². The summed E-state index contributed by atoms with van der Waals surface area (Å²) in [6.07, 6.45) is 7.46. The maximum atomic E-state index is 6.20. The van der Waals surface area contributed by atoms with Crippen LogP contribution in [0.5, 0.6) is 51.7 Å². The molecule has 0 saturated carbocycles.